The van der Waals surface area contributed by atoms with Crippen molar-refractivity contribution in [3.8, 4) is 5.75 Å². The van der Waals surface area contributed by atoms with Crippen molar-refractivity contribution in [1.29, 1.82) is 0 Å². The molecule has 5 rings (SSSR count). The zero-order valence-corrected chi connectivity index (χ0v) is 18.9. The molecule has 9 heteroatoms. The highest BCUT2D eigenvalue weighted by Crippen LogP contribution is 2.50. The summed E-state index contributed by atoms with van der Waals surface area (Å²) in [6, 6.07) is 12.0. The summed E-state index contributed by atoms with van der Waals surface area (Å²) in [5.74, 6) is -0.863. The summed E-state index contributed by atoms with van der Waals surface area (Å²) in [6.07, 6.45) is 0.388. The summed E-state index contributed by atoms with van der Waals surface area (Å²) in [5, 5.41) is 15.0. The molecule has 0 aromatic heterocycles. The number of nitrogen functional groups attached to an aromatic ring is 1. The number of hydrogen-bond acceptors (Lipinski definition) is 5. The average molecular weight is 482 g/mol. The van der Waals surface area contributed by atoms with Gasteiger partial charge in [0.2, 0.25) is 0 Å². The lowest BCUT2D eigenvalue weighted by molar-refractivity contribution is -0.0539. The van der Waals surface area contributed by atoms with E-state index in [1.165, 1.54) is 23.1 Å². The molecule has 174 valence electrons. The maximum absolute atomic E-state index is 14.3. The van der Waals surface area contributed by atoms with E-state index in [0.29, 0.717) is 29.8 Å². The standard InChI is InChI=1S/C25H21ClFN3O4/c1-34-15-5-2-13(3-6-15)12-30-24(32)21-16-8-9-29-23(31)17(16)11-20(28)22(21)25(30,33)18-10-14(27)4-7-19(18)26/h2-7,10-11,33H,8-9,12,28H2,1H3,(H,29,31). The summed E-state index contributed by atoms with van der Waals surface area (Å²) in [4.78, 5) is 27.5. The number of nitrogens with zero attached hydrogens (tertiary/aromatic N) is 1. The van der Waals surface area contributed by atoms with Crippen molar-refractivity contribution in [3.63, 3.8) is 0 Å². The summed E-state index contributed by atoms with van der Waals surface area (Å²) in [5.41, 5.74) is 5.96. The molecule has 0 radical (unpaired) electrons. The van der Waals surface area contributed by atoms with E-state index in [9.17, 15) is 19.1 Å². The molecule has 7 nitrogen and oxygen atoms in total. The molecule has 0 aliphatic carbocycles. The molecule has 3 aromatic rings. The highest BCUT2D eigenvalue weighted by molar-refractivity contribution is 6.31. The van der Waals surface area contributed by atoms with E-state index >= 15 is 0 Å². The number of anilines is 1. The van der Waals surface area contributed by atoms with Crippen LogP contribution in [0.25, 0.3) is 0 Å². The Kier molecular flexibility index (Phi) is 5.22. The van der Waals surface area contributed by atoms with Gasteiger partial charge in [-0.2, -0.15) is 0 Å². The molecule has 2 aliphatic rings. The van der Waals surface area contributed by atoms with Crippen molar-refractivity contribution in [2.75, 3.05) is 19.4 Å². The van der Waals surface area contributed by atoms with Gasteiger partial charge in [-0.15, -0.1) is 0 Å². The predicted molar refractivity (Wildman–Crippen MR) is 124 cm³/mol. The molecule has 2 heterocycles. The third kappa shape index (κ3) is 3.21. The molecule has 0 spiro atoms. The molecule has 34 heavy (non-hydrogen) atoms. The second kappa shape index (κ2) is 8.00. The van der Waals surface area contributed by atoms with E-state index in [1.54, 1.807) is 31.4 Å². The summed E-state index contributed by atoms with van der Waals surface area (Å²) >= 11 is 6.42. The molecular formula is C25H21ClFN3O4. The van der Waals surface area contributed by atoms with Crippen LogP contribution in [0.3, 0.4) is 0 Å². The monoisotopic (exact) mass is 481 g/mol. The first-order valence-electron chi connectivity index (χ1n) is 10.6. The number of rotatable bonds is 4. The maximum atomic E-state index is 14.3. The van der Waals surface area contributed by atoms with Crippen LogP contribution in [0.4, 0.5) is 10.1 Å². The second-order valence-electron chi connectivity index (χ2n) is 8.28. The van der Waals surface area contributed by atoms with Gasteiger partial charge in [0.05, 0.1) is 12.7 Å². The number of carbonyl (C=O) groups is 2. The molecule has 1 atom stereocenters. The number of amides is 2. The third-order valence-electron chi connectivity index (χ3n) is 6.37. The summed E-state index contributed by atoms with van der Waals surface area (Å²) < 4.78 is 19.5. The zero-order valence-electron chi connectivity index (χ0n) is 18.2. The number of aliphatic hydroxyl groups is 1. The smallest absolute Gasteiger partial charge is 0.257 e. The van der Waals surface area contributed by atoms with Gasteiger partial charge in [0.1, 0.15) is 11.6 Å². The highest BCUT2D eigenvalue weighted by atomic mass is 35.5. The fourth-order valence-electron chi connectivity index (χ4n) is 4.78. The van der Waals surface area contributed by atoms with Crippen LogP contribution in [0.15, 0.2) is 48.5 Å². The van der Waals surface area contributed by atoms with Crippen LogP contribution in [0, 0.1) is 5.82 Å². The molecular weight excluding hydrogens is 461 g/mol. The molecule has 2 aliphatic heterocycles. The molecule has 3 aromatic carbocycles. The van der Waals surface area contributed by atoms with Crippen LogP contribution in [-0.2, 0) is 18.7 Å². The molecule has 1 unspecified atom stereocenters. The van der Waals surface area contributed by atoms with E-state index in [4.69, 9.17) is 22.1 Å². The van der Waals surface area contributed by atoms with E-state index < -0.39 is 17.4 Å². The Hall–Kier alpha value is -3.62. The summed E-state index contributed by atoms with van der Waals surface area (Å²) in [6.45, 7) is 0.314. The van der Waals surface area contributed by atoms with Gasteiger partial charge in [0.15, 0.2) is 5.72 Å². The van der Waals surface area contributed by atoms with Gasteiger partial charge in [0, 0.05) is 40.5 Å². The Bertz CT molecular complexity index is 1340. The van der Waals surface area contributed by atoms with Crippen molar-refractivity contribution in [1.82, 2.24) is 10.2 Å². The minimum absolute atomic E-state index is 0.0123. The SMILES string of the molecule is COc1ccc(CN2C(=O)c3c4c(cc(N)c3C2(O)c2cc(F)ccc2Cl)C(=O)NCC4)cc1. The van der Waals surface area contributed by atoms with Crippen LogP contribution >= 0.6 is 11.6 Å². The van der Waals surface area contributed by atoms with Crippen LogP contribution in [0.2, 0.25) is 5.02 Å². The number of nitrogens with two attached hydrogens (primary N) is 1. The van der Waals surface area contributed by atoms with Crippen LogP contribution in [0.5, 0.6) is 5.75 Å². The maximum Gasteiger partial charge on any atom is 0.257 e. The number of ether oxygens (including phenoxy) is 1. The Balaban J connectivity index is 1.76. The fourth-order valence-corrected chi connectivity index (χ4v) is 5.03. The van der Waals surface area contributed by atoms with Crippen molar-refractivity contribution in [3.05, 3.63) is 92.8 Å². The van der Waals surface area contributed by atoms with Crippen molar-refractivity contribution >= 4 is 29.1 Å². The lowest BCUT2D eigenvalue weighted by Gasteiger charge is -2.36. The molecule has 2 amide bonds. The Morgan fingerprint density at radius 2 is 1.94 bits per heavy atom. The molecule has 0 fully saturated rings. The normalized spacial score (nSPS) is 19.0. The number of methoxy groups -OCH3 is 1. The Morgan fingerprint density at radius 3 is 2.65 bits per heavy atom. The average Bonchev–Trinajstić information content (AvgIpc) is 3.05. The number of fused-ring (bicyclic) bond motifs is 3. The van der Waals surface area contributed by atoms with E-state index in [0.717, 1.165) is 6.07 Å². The van der Waals surface area contributed by atoms with Crippen molar-refractivity contribution in [2.45, 2.75) is 18.7 Å². The quantitative estimate of drug-likeness (QED) is 0.496. The predicted octanol–water partition coefficient (Wildman–Crippen LogP) is 3.21. The third-order valence-corrected chi connectivity index (χ3v) is 6.70. The largest absolute Gasteiger partial charge is 0.497 e. The zero-order chi connectivity index (χ0) is 24.2. The first-order chi connectivity index (χ1) is 16.3. The van der Waals surface area contributed by atoms with Gasteiger partial charge in [0.25, 0.3) is 11.8 Å². The van der Waals surface area contributed by atoms with Gasteiger partial charge < -0.3 is 20.9 Å². The first kappa shape index (κ1) is 22.2. The first-order valence-corrected chi connectivity index (χ1v) is 11.0. The number of nitrogens with one attached hydrogen (secondary N) is 1. The highest BCUT2D eigenvalue weighted by Gasteiger charge is 2.54. The van der Waals surface area contributed by atoms with E-state index in [1.807, 2.05) is 0 Å². The van der Waals surface area contributed by atoms with Crippen LogP contribution in [0.1, 0.15) is 43.0 Å². The van der Waals surface area contributed by atoms with E-state index in [2.05, 4.69) is 5.32 Å². The van der Waals surface area contributed by atoms with E-state index in [-0.39, 0.29) is 45.4 Å². The lowest BCUT2D eigenvalue weighted by Crippen LogP contribution is -2.44. The lowest BCUT2D eigenvalue weighted by atomic mass is 9.86. The minimum Gasteiger partial charge on any atom is -0.497 e. The molecule has 4 N–H and O–H groups in total. The fraction of sp³-hybridized carbons (Fsp3) is 0.200. The Labute approximate surface area is 199 Å². The topological polar surface area (TPSA) is 105 Å². The minimum atomic E-state index is -2.15. The van der Waals surface area contributed by atoms with Gasteiger partial charge >= 0.3 is 0 Å². The number of benzene rings is 3. The van der Waals surface area contributed by atoms with Crippen LogP contribution < -0.4 is 15.8 Å². The van der Waals surface area contributed by atoms with Gasteiger partial charge in [-0.1, -0.05) is 23.7 Å². The second-order valence-corrected chi connectivity index (χ2v) is 8.69. The number of halogens is 2. The molecule has 0 saturated heterocycles. The van der Waals surface area contributed by atoms with Gasteiger partial charge in [-0.05, 0) is 53.9 Å². The Morgan fingerprint density at radius 1 is 1.21 bits per heavy atom. The van der Waals surface area contributed by atoms with Gasteiger partial charge in [-0.25, -0.2) is 4.39 Å². The molecule has 0 saturated carbocycles. The van der Waals surface area contributed by atoms with Crippen molar-refractivity contribution in [2.24, 2.45) is 0 Å². The number of hydrogen-bond donors (Lipinski definition) is 3. The number of carbonyl (C=O) groups excluding carboxylic acids is 2. The summed E-state index contributed by atoms with van der Waals surface area (Å²) in [7, 11) is 1.54. The van der Waals surface area contributed by atoms with Gasteiger partial charge in [-0.3, -0.25) is 14.5 Å². The molecule has 0 bridgehead atoms. The van der Waals surface area contributed by atoms with Crippen LogP contribution in [-0.4, -0.2) is 35.5 Å². The van der Waals surface area contributed by atoms with Crippen molar-refractivity contribution < 1.29 is 23.8 Å².